The van der Waals surface area contributed by atoms with Crippen LogP contribution in [0.4, 0.5) is 22.7 Å². The molecular weight excluding hydrogens is 834 g/mol. The van der Waals surface area contributed by atoms with Gasteiger partial charge in [0.1, 0.15) is 6.54 Å². The molecule has 3 aliphatic rings. The molecule has 7 rings (SSSR count). The van der Waals surface area contributed by atoms with Gasteiger partial charge in [-0.3, -0.25) is 8.76 Å². The van der Waals surface area contributed by atoms with Crippen LogP contribution in [0.1, 0.15) is 83.4 Å². The molecule has 0 aromatic heterocycles. The van der Waals surface area contributed by atoms with Crippen molar-refractivity contribution in [2.24, 2.45) is 5.92 Å². The minimum Gasteiger partial charge on any atom is -0.772 e. The van der Waals surface area contributed by atoms with Crippen LogP contribution in [0, 0.1) is 25.0 Å². The van der Waals surface area contributed by atoms with Crippen molar-refractivity contribution in [2.75, 3.05) is 34.4 Å². The van der Waals surface area contributed by atoms with Crippen LogP contribution in [0.3, 0.4) is 0 Å². The molecule has 8 nitrogen and oxygen atoms in total. The highest BCUT2D eigenvalue weighted by Crippen LogP contribution is 2.49. The number of aryl methyl sites for hydroxylation is 1. The summed E-state index contributed by atoms with van der Waals surface area (Å²) < 4.78 is 58.3. The lowest BCUT2D eigenvalue weighted by molar-refractivity contribution is -0.438. The van der Waals surface area contributed by atoms with Crippen molar-refractivity contribution in [2.45, 2.75) is 84.5 Å². The molecule has 0 amide bonds. The van der Waals surface area contributed by atoms with Gasteiger partial charge >= 0.3 is 0 Å². The molecule has 1 aliphatic carbocycles. The molecule has 4 aromatic rings. The summed E-state index contributed by atoms with van der Waals surface area (Å²) in [5, 5.41) is 0.678. The van der Waals surface area contributed by atoms with Crippen LogP contribution in [0.25, 0.3) is 0 Å². The first-order chi connectivity index (χ1) is 29.5. The van der Waals surface area contributed by atoms with Crippen LogP contribution in [-0.4, -0.2) is 56.6 Å². The number of rotatable bonds is 16. The van der Waals surface area contributed by atoms with E-state index in [0.29, 0.717) is 31.0 Å². The smallest absolute Gasteiger partial charge is 0.265 e. The van der Waals surface area contributed by atoms with Gasteiger partial charge in [-0.15, -0.1) is 0 Å². The third kappa shape index (κ3) is 9.73. The minimum absolute atomic E-state index is 0.133. The molecule has 0 fully saturated rings. The quantitative estimate of drug-likeness (QED) is 0.0517. The number of hydrogen-bond donors (Lipinski definition) is 1. The fourth-order valence-corrected chi connectivity index (χ4v) is 10.8. The number of allylic oxidation sites excluding steroid dienone is 7. The lowest BCUT2D eigenvalue weighted by Crippen LogP contribution is -2.28. The fourth-order valence-electron chi connectivity index (χ4n) is 9.32. The predicted octanol–water partition coefficient (Wildman–Crippen LogP) is 11.2. The van der Waals surface area contributed by atoms with E-state index in [9.17, 15) is 21.7 Å². The maximum absolute atomic E-state index is 11.8. The number of halogens is 1. The SMILES string of the molecule is Cc1ccc2c(c1)C(C)(C)/C(=C\C=C1/CCC(/C=C/C3=[N+](CCCCS(=O)[O-])c4ccc(Cl)cc4C3(C)C)=C1N(c1c#cccc1)c1ccccc1)N2CCC(C)CS(=O)(=O)O. The van der Waals surface area contributed by atoms with Crippen molar-refractivity contribution in [3.8, 4) is 0 Å². The van der Waals surface area contributed by atoms with Crippen LogP contribution in [-0.2, 0) is 32.0 Å². The summed E-state index contributed by atoms with van der Waals surface area (Å²) in [7, 11) is -4.10. The summed E-state index contributed by atoms with van der Waals surface area (Å²) in [5.74, 6) is -0.376. The van der Waals surface area contributed by atoms with Crippen molar-refractivity contribution in [3.05, 3.63) is 166 Å². The Morgan fingerprint density at radius 3 is 2.45 bits per heavy atom. The molecular formula is C51H56ClN3O5S2. The van der Waals surface area contributed by atoms with Gasteiger partial charge in [0.15, 0.2) is 5.71 Å². The third-order valence-corrected chi connectivity index (χ3v) is 14.3. The molecule has 324 valence electrons. The summed E-state index contributed by atoms with van der Waals surface area (Å²) >= 11 is 4.51. The topological polar surface area (TPSA) is 104 Å². The summed E-state index contributed by atoms with van der Waals surface area (Å²) in [6, 6.07) is 35.4. The Kier molecular flexibility index (Phi) is 13.5. The number of benzene rings is 3. The largest absolute Gasteiger partial charge is 0.772 e. The number of fused-ring (bicyclic) bond motifs is 2. The molecule has 4 aromatic carbocycles. The Morgan fingerprint density at radius 1 is 0.968 bits per heavy atom. The van der Waals surface area contributed by atoms with Gasteiger partial charge in [0, 0.05) is 63.9 Å². The van der Waals surface area contributed by atoms with Crippen molar-refractivity contribution >= 4 is 61.3 Å². The van der Waals surface area contributed by atoms with Crippen LogP contribution < -0.4 is 9.80 Å². The van der Waals surface area contributed by atoms with Crippen LogP contribution in [0.15, 0.2) is 132 Å². The van der Waals surface area contributed by atoms with E-state index in [2.05, 4.69) is 128 Å². The van der Waals surface area contributed by atoms with E-state index in [-0.39, 0.29) is 28.3 Å². The summed E-state index contributed by atoms with van der Waals surface area (Å²) in [5.41, 5.74) is 12.5. The number of unbranched alkanes of at least 4 members (excludes halogenated alkanes) is 1. The van der Waals surface area contributed by atoms with Crippen LogP contribution in [0.5, 0.6) is 0 Å². The lowest BCUT2D eigenvalue weighted by atomic mass is 9.81. The fraction of sp³-hybridized carbons (Fsp3) is 0.353. The van der Waals surface area contributed by atoms with Crippen molar-refractivity contribution < 1.29 is 26.3 Å². The normalized spacial score (nSPS) is 19.1. The van der Waals surface area contributed by atoms with Crippen LogP contribution >= 0.6 is 11.6 Å². The van der Waals surface area contributed by atoms with E-state index < -0.39 is 21.2 Å². The molecule has 0 bridgehead atoms. The highest BCUT2D eigenvalue weighted by Gasteiger charge is 2.45. The van der Waals surface area contributed by atoms with Crippen molar-refractivity contribution in [1.29, 1.82) is 0 Å². The Hall–Kier alpha value is -4.76. The van der Waals surface area contributed by atoms with E-state index >= 15 is 0 Å². The highest BCUT2D eigenvalue weighted by molar-refractivity contribution is 7.85. The number of hydrogen-bond acceptors (Lipinski definition) is 6. The van der Waals surface area contributed by atoms with Gasteiger partial charge in [-0.1, -0.05) is 104 Å². The molecule has 2 unspecified atom stereocenters. The summed E-state index contributed by atoms with van der Waals surface area (Å²) in [6.45, 7) is 14.2. The van der Waals surface area contributed by atoms with E-state index in [0.717, 1.165) is 75.8 Å². The summed E-state index contributed by atoms with van der Waals surface area (Å²) in [4.78, 5) is 4.60. The third-order valence-electron chi connectivity index (χ3n) is 12.5. The minimum atomic E-state index is -4.10. The molecule has 0 saturated carbocycles. The second-order valence-electron chi connectivity index (χ2n) is 17.8. The Morgan fingerprint density at radius 2 is 1.74 bits per heavy atom. The van der Waals surface area contributed by atoms with Crippen molar-refractivity contribution in [1.82, 2.24) is 0 Å². The molecule has 62 heavy (non-hydrogen) atoms. The van der Waals surface area contributed by atoms with Gasteiger partial charge in [0.25, 0.3) is 10.1 Å². The van der Waals surface area contributed by atoms with E-state index in [1.54, 1.807) is 0 Å². The zero-order valence-corrected chi connectivity index (χ0v) is 38.8. The standard InChI is InChI=1S/C51H56ClN3O5S2/c1-36-19-25-45-43(33-36)50(3,4)48(54(45)31-29-37(2)35-62(58,59)60)28-23-39-21-20-38(49(39)55(41-15-9-7-10-16-41)42-17-11-8-12-18-42)22-27-47-51(5,6)44-34-40(52)24-26-46(44)53(47)30-13-14-32-61(56)57/h7-11,15-17,19,22-28,33-34,37H,13-14,20-21,29-32,35H2,1-6H3,(H-,56,57,58,59,60). The number of para-hydroxylation sites is 1. The summed E-state index contributed by atoms with van der Waals surface area (Å²) in [6.07, 6.45) is 12.5. The lowest BCUT2D eigenvalue weighted by Gasteiger charge is -2.29. The van der Waals surface area contributed by atoms with Gasteiger partial charge < -0.3 is 14.4 Å². The van der Waals surface area contributed by atoms with E-state index in [1.165, 1.54) is 11.1 Å². The number of nitrogens with zero attached hydrogens (tertiary/aromatic N) is 3. The van der Waals surface area contributed by atoms with E-state index in [1.807, 2.05) is 49.4 Å². The second kappa shape index (κ2) is 18.5. The van der Waals surface area contributed by atoms with Gasteiger partial charge in [0.05, 0.1) is 22.6 Å². The zero-order chi connectivity index (χ0) is 44.4. The van der Waals surface area contributed by atoms with Gasteiger partial charge in [0.2, 0.25) is 5.69 Å². The average Bonchev–Trinajstić information content (AvgIpc) is 3.77. The predicted molar refractivity (Wildman–Crippen MR) is 253 cm³/mol. The molecule has 0 spiro atoms. The first-order valence-electron chi connectivity index (χ1n) is 21.4. The maximum Gasteiger partial charge on any atom is 0.265 e. The molecule has 11 heteroatoms. The monoisotopic (exact) mass is 889 g/mol. The first-order valence-corrected chi connectivity index (χ1v) is 24.6. The highest BCUT2D eigenvalue weighted by atomic mass is 35.5. The molecule has 1 N–H and O–H groups in total. The maximum atomic E-state index is 11.8. The van der Waals surface area contributed by atoms with Gasteiger partial charge in [-0.05, 0) is 124 Å². The van der Waals surface area contributed by atoms with Gasteiger partial charge in [-0.25, -0.2) is 0 Å². The zero-order valence-electron chi connectivity index (χ0n) is 36.4. The molecule has 0 radical (unpaired) electrons. The Labute approximate surface area is 376 Å². The molecule has 2 aliphatic heterocycles. The average molecular weight is 891 g/mol. The molecule has 2 heterocycles. The number of anilines is 3. The Balaban J connectivity index is 1.37. The molecule has 0 saturated heterocycles. The van der Waals surface area contributed by atoms with E-state index in [4.69, 9.17) is 11.6 Å². The van der Waals surface area contributed by atoms with Crippen molar-refractivity contribution in [3.63, 3.8) is 0 Å². The van der Waals surface area contributed by atoms with Gasteiger partial charge in [-0.2, -0.15) is 13.0 Å². The van der Waals surface area contributed by atoms with Crippen LogP contribution in [0.2, 0.25) is 5.02 Å². The Bertz CT molecular complexity index is 2570. The first kappa shape index (κ1) is 45.3. The second-order valence-corrected chi connectivity index (χ2v) is 20.7. The molecule has 2 atom stereocenters.